The normalized spacial score (nSPS) is 17.1. The van der Waals surface area contributed by atoms with Crippen LogP contribution in [0.1, 0.15) is 72.9 Å². The molecule has 1 unspecified atom stereocenters. The molecule has 1 aliphatic heterocycles. The molecule has 0 aromatic heterocycles. The van der Waals surface area contributed by atoms with Crippen LogP contribution in [0, 0.1) is 23.4 Å². The van der Waals surface area contributed by atoms with Crippen molar-refractivity contribution in [2.45, 2.75) is 64.0 Å². The van der Waals surface area contributed by atoms with E-state index >= 15 is 0 Å². The molecule has 2 N–H and O–H groups in total. The molecule has 2 aliphatic rings. The van der Waals surface area contributed by atoms with Gasteiger partial charge in [0.1, 0.15) is 17.5 Å². The van der Waals surface area contributed by atoms with E-state index in [4.69, 9.17) is 0 Å². The molecule has 204 valence electrons. The lowest BCUT2D eigenvalue weighted by atomic mass is 9.81. The van der Waals surface area contributed by atoms with E-state index < -0.39 is 29.4 Å². The first-order valence-corrected chi connectivity index (χ1v) is 13.3. The second-order valence-electron chi connectivity index (χ2n) is 10.2. The summed E-state index contributed by atoms with van der Waals surface area (Å²) in [6.07, 6.45) is 5.22. The fourth-order valence-electron chi connectivity index (χ4n) is 5.31. The first kappa shape index (κ1) is 27.8. The summed E-state index contributed by atoms with van der Waals surface area (Å²) in [4.78, 5) is 39.7. The lowest BCUT2D eigenvalue weighted by Crippen LogP contribution is -2.51. The van der Waals surface area contributed by atoms with Crippen LogP contribution in [0.4, 0.5) is 13.2 Å². The Labute approximate surface area is 221 Å². The molecule has 38 heavy (non-hydrogen) atoms. The van der Waals surface area contributed by atoms with Crippen molar-refractivity contribution in [2.75, 3.05) is 19.6 Å². The van der Waals surface area contributed by atoms with Gasteiger partial charge in [-0.25, -0.2) is 13.2 Å². The average molecular weight is 530 g/mol. The topological polar surface area (TPSA) is 78.5 Å². The molecule has 2 aromatic carbocycles. The highest BCUT2D eigenvalue weighted by molar-refractivity contribution is 5.98. The van der Waals surface area contributed by atoms with E-state index in [1.54, 1.807) is 17.9 Å². The Morgan fingerprint density at radius 1 is 0.974 bits per heavy atom. The number of hydrogen-bond donors (Lipinski definition) is 2. The molecular weight excluding hydrogens is 495 g/mol. The van der Waals surface area contributed by atoms with Gasteiger partial charge in [0.05, 0.1) is 18.2 Å². The molecule has 4 rings (SSSR count). The van der Waals surface area contributed by atoms with Gasteiger partial charge in [-0.05, 0) is 42.5 Å². The molecule has 0 spiro atoms. The number of carbonyl (C=O) groups is 3. The van der Waals surface area contributed by atoms with E-state index in [0.717, 1.165) is 49.8 Å². The number of halogens is 3. The van der Waals surface area contributed by atoms with Crippen LogP contribution in [0.5, 0.6) is 0 Å². The van der Waals surface area contributed by atoms with Crippen LogP contribution >= 0.6 is 0 Å². The zero-order chi connectivity index (χ0) is 27.2. The number of ketones is 1. The van der Waals surface area contributed by atoms with Crippen molar-refractivity contribution < 1.29 is 27.6 Å². The second kappa shape index (κ2) is 12.6. The number of nitrogens with one attached hydrogen (secondary N) is 2. The Hall–Kier alpha value is -3.20. The van der Waals surface area contributed by atoms with Crippen molar-refractivity contribution in [2.24, 2.45) is 5.92 Å². The number of Topliss-reactive ketones (excluding diaryl/α,β-unsaturated/α-hetero) is 1. The molecule has 2 amide bonds. The van der Waals surface area contributed by atoms with E-state index in [-0.39, 0.29) is 47.7 Å². The Morgan fingerprint density at radius 3 is 2.39 bits per heavy atom. The summed E-state index contributed by atoms with van der Waals surface area (Å²) in [7, 11) is 0. The van der Waals surface area contributed by atoms with Crippen LogP contribution in [0.3, 0.4) is 0 Å². The van der Waals surface area contributed by atoms with Crippen molar-refractivity contribution in [3.63, 3.8) is 0 Å². The predicted octanol–water partition coefficient (Wildman–Crippen LogP) is 4.48. The van der Waals surface area contributed by atoms with Gasteiger partial charge in [-0.1, -0.05) is 38.3 Å². The van der Waals surface area contributed by atoms with Crippen molar-refractivity contribution in [1.82, 2.24) is 15.5 Å². The summed E-state index contributed by atoms with van der Waals surface area (Å²) in [5.74, 6) is -2.75. The Balaban J connectivity index is 1.32. The maximum atomic E-state index is 14.6. The number of nitrogens with zero attached hydrogens (tertiary/aromatic N) is 1. The summed E-state index contributed by atoms with van der Waals surface area (Å²) in [6, 6.07) is 7.07. The van der Waals surface area contributed by atoms with Crippen molar-refractivity contribution in [3.05, 3.63) is 70.5 Å². The number of hydrogen-bond acceptors (Lipinski definition) is 4. The van der Waals surface area contributed by atoms with Crippen LogP contribution < -0.4 is 10.6 Å². The molecular formula is C29H34F3N3O3. The SMILES string of the molecule is CCC(=O)C(NC(=O)c1cc(C2CN(C(=O)CNCc3ccc(F)cc3F)C2)ccc1F)C1CCCCC1. The number of likely N-dealkylation sites (tertiary alicyclic amines) is 1. The van der Waals surface area contributed by atoms with E-state index in [9.17, 15) is 27.6 Å². The maximum Gasteiger partial charge on any atom is 0.254 e. The largest absolute Gasteiger partial charge is 0.342 e. The van der Waals surface area contributed by atoms with E-state index in [1.807, 2.05) is 0 Å². The van der Waals surface area contributed by atoms with Gasteiger partial charge in [0, 0.05) is 43.6 Å². The van der Waals surface area contributed by atoms with Crippen molar-refractivity contribution >= 4 is 17.6 Å². The first-order chi connectivity index (χ1) is 18.3. The van der Waals surface area contributed by atoms with Crippen LogP contribution in [0.25, 0.3) is 0 Å². The number of rotatable bonds is 10. The lowest BCUT2D eigenvalue weighted by Gasteiger charge is -2.40. The maximum absolute atomic E-state index is 14.6. The number of carbonyl (C=O) groups excluding carboxylic acids is 3. The van der Waals surface area contributed by atoms with Gasteiger partial charge in [-0.3, -0.25) is 14.4 Å². The first-order valence-electron chi connectivity index (χ1n) is 13.3. The molecule has 6 nitrogen and oxygen atoms in total. The highest BCUT2D eigenvalue weighted by Crippen LogP contribution is 2.30. The van der Waals surface area contributed by atoms with Crippen LogP contribution in [-0.2, 0) is 16.1 Å². The van der Waals surface area contributed by atoms with E-state index in [0.29, 0.717) is 19.5 Å². The molecule has 2 fully saturated rings. The molecule has 0 bridgehead atoms. The molecule has 1 saturated heterocycles. The number of benzene rings is 2. The Kier molecular flexibility index (Phi) is 9.20. The molecule has 1 atom stereocenters. The Bertz CT molecular complexity index is 1180. The minimum atomic E-state index is -0.672. The molecule has 2 aromatic rings. The van der Waals surface area contributed by atoms with Gasteiger partial charge in [-0.2, -0.15) is 0 Å². The minimum Gasteiger partial charge on any atom is -0.342 e. The fraction of sp³-hybridized carbons (Fsp3) is 0.483. The average Bonchev–Trinajstić information content (AvgIpc) is 2.88. The summed E-state index contributed by atoms with van der Waals surface area (Å²) >= 11 is 0. The Morgan fingerprint density at radius 2 is 1.71 bits per heavy atom. The predicted molar refractivity (Wildman–Crippen MR) is 137 cm³/mol. The number of amides is 2. The zero-order valence-corrected chi connectivity index (χ0v) is 21.6. The summed E-state index contributed by atoms with van der Waals surface area (Å²) < 4.78 is 41.4. The van der Waals surface area contributed by atoms with Crippen LogP contribution in [0.15, 0.2) is 36.4 Å². The third-order valence-corrected chi connectivity index (χ3v) is 7.65. The molecule has 0 radical (unpaired) electrons. The minimum absolute atomic E-state index is 0.00533. The van der Waals surface area contributed by atoms with Gasteiger partial charge in [-0.15, -0.1) is 0 Å². The summed E-state index contributed by atoms with van der Waals surface area (Å²) in [6.45, 7) is 2.68. The van der Waals surface area contributed by atoms with Gasteiger partial charge in [0.25, 0.3) is 5.91 Å². The molecule has 9 heteroatoms. The molecule has 1 saturated carbocycles. The molecule has 1 heterocycles. The highest BCUT2D eigenvalue weighted by Gasteiger charge is 2.33. The molecule has 1 aliphatic carbocycles. The van der Waals surface area contributed by atoms with E-state index in [1.165, 1.54) is 18.2 Å². The summed E-state index contributed by atoms with van der Waals surface area (Å²) in [5, 5.41) is 5.69. The van der Waals surface area contributed by atoms with Crippen LogP contribution in [-0.4, -0.2) is 48.2 Å². The van der Waals surface area contributed by atoms with Crippen LogP contribution in [0.2, 0.25) is 0 Å². The highest BCUT2D eigenvalue weighted by atomic mass is 19.1. The van der Waals surface area contributed by atoms with Gasteiger partial charge in [0.2, 0.25) is 5.91 Å². The van der Waals surface area contributed by atoms with E-state index in [2.05, 4.69) is 10.6 Å². The van der Waals surface area contributed by atoms with Gasteiger partial charge < -0.3 is 15.5 Å². The monoisotopic (exact) mass is 529 g/mol. The quantitative estimate of drug-likeness (QED) is 0.476. The zero-order valence-electron chi connectivity index (χ0n) is 21.6. The smallest absolute Gasteiger partial charge is 0.254 e. The van der Waals surface area contributed by atoms with Gasteiger partial charge >= 0.3 is 0 Å². The van der Waals surface area contributed by atoms with Crippen molar-refractivity contribution in [3.8, 4) is 0 Å². The standard InChI is InChI=1S/C29H34F3N3O3/c1-2-26(36)28(18-6-4-3-5-7-18)34-29(38)23-12-19(9-11-24(23)31)21-16-35(17-21)27(37)15-33-14-20-8-10-22(30)13-25(20)32/h8-13,18,21,28,33H,2-7,14-17H2,1H3,(H,34,38). The lowest BCUT2D eigenvalue weighted by molar-refractivity contribution is -0.134. The fourth-order valence-corrected chi connectivity index (χ4v) is 5.31. The summed E-state index contributed by atoms with van der Waals surface area (Å²) in [5.41, 5.74) is 0.919. The third kappa shape index (κ3) is 6.62. The third-order valence-electron chi connectivity index (χ3n) is 7.65. The van der Waals surface area contributed by atoms with Gasteiger partial charge in [0.15, 0.2) is 5.78 Å². The van der Waals surface area contributed by atoms with Crippen molar-refractivity contribution in [1.29, 1.82) is 0 Å². The second-order valence-corrected chi connectivity index (χ2v) is 10.2.